The molecule has 0 aliphatic rings. The van der Waals surface area contributed by atoms with E-state index in [2.05, 4.69) is 63.9 Å². The van der Waals surface area contributed by atoms with E-state index in [0.717, 1.165) is 37.7 Å². The molecule has 0 saturated carbocycles. The maximum atomic E-state index is 4.84. The Kier molecular flexibility index (Phi) is 7.73. The summed E-state index contributed by atoms with van der Waals surface area (Å²) < 4.78 is 0. The molecule has 0 radical (unpaired) electrons. The molecule has 0 spiro atoms. The van der Waals surface area contributed by atoms with Gasteiger partial charge in [0.25, 0.3) is 0 Å². The first-order chi connectivity index (χ1) is 9.93. The third-order valence-electron chi connectivity index (χ3n) is 3.42. The van der Waals surface area contributed by atoms with Crippen LogP contribution < -0.4 is 10.2 Å². The summed E-state index contributed by atoms with van der Waals surface area (Å²) in [5.41, 5.74) is 2.45. The molecule has 3 nitrogen and oxygen atoms in total. The van der Waals surface area contributed by atoms with Gasteiger partial charge in [0.2, 0.25) is 0 Å². The smallest absolute Gasteiger partial charge is 0.128 e. The van der Waals surface area contributed by atoms with Gasteiger partial charge in [-0.05, 0) is 43.4 Å². The van der Waals surface area contributed by atoms with E-state index in [0.29, 0.717) is 11.8 Å². The van der Waals surface area contributed by atoms with Crippen LogP contribution >= 0.6 is 0 Å². The second-order valence-corrected chi connectivity index (χ2v) is 6.78. The van der Waals surface area contributed by atoms with Gasteiger partial charge < -0.3 is 10.2 Å². The monoisotopic (exact) mass is 291 g/mol. The highest BCUT2D eigenvalue weighted by molar-refractivity contribution is 5.41. The van der Waals surface area contributed by atoms with Crippen molar-refractivity contribution < 1.29 is 0 Å². The lowest BCUT2D eigenvalue weighted by Crippen LogP contribution is -2.32. The zero-order chi connectivity index (χ0) is 15.8. The minimum Gasteiger partial charge on any atom is -0.356 e. The molecule has 0 amide bonds. The molecule has 1 rings (SSSR count). The predicted molar refractivity (Wildman–Crippen MR) is 92.9 cm³/mol. The maximum absolute atomic E-state index is 4.84. The number of hydrogen-bond acceptors (Lipinski definition) is 3. The van der Waals surface area contributed by atoms with Gasteiger partial charge in [-0.2, -0.15) is 0 Å². The third-order valence-corrected chi connectivity index (χ3v) is 3.42. The molecule has 1 heterocycles. The molecule has 0 aromatic carbocycles. The Labute approximate surface area is 131 Å². The van der Waals surface area contributed by atoms with Crippen LogP contribution in [0.3, 0.4) is 0 Å². The average Bonchev–Trinajstić information content (AvgIpc) is 2.39. The Bertz CT molecular complexity index is 403. The molecule has 0 aliphatic heterocycles. The SMILES string of the molecule is CCCNCc1ccc(N(CC(C)C)CC(C)C)nc1C. The second kappa shape index (κ2) is 9.04. The molecule has 0 unspecified atom stereocenters. The fraction of sp³-hybridized carbons (Fsp3) is 0.722. The van der Waals surface area contributed by atoms with Gasteiger partial charge in [0.05, 0.1) is 0 Å². The van der Waals surface area contributed by atoms with E-state index in [9.17, 15) is 0 Å². The molecule has 0 fully saturated rings. The summed E-state index contributed by atoms with van der Waals surface area (Å²) in [7, 11) is 0. The molecule has 0 saturated heterocycles. The van der Waals surface area contributed by atoms with Crippen LogP contribution in [0.2, 0.25) is 0 Å². The lowest BCUT2D eigenvalue weighted by Gasteiger charge is -2.28. The van der Waals surface area contributed by atoms with Crippen molar-refractivity contribution in [1.82, 2.24) is 10.3 Å². The molecule has 3 heteroatoms. The lowest BCUT2D eigenvalue weighted by molar-refractivity contribution is 0.548. The fourth-order valence-electron chi connectivity index (χ4n) is 2.48. The highest BCUT2D eigenvalue weighted by Crippen LogP contribution is 2.18. The fourth-order valence-corrected chi connectivity index (χ4v) is 2.48. The Hall–Kier alpha value is -1.09. The van der Waals surface area contributed by atoms with Gasteiger partial charge in [-0.1, -0.05) is 40.7 Å². The summed E-state index contributed by atoms with van der Waals surface area (Å²) in [6, 6.07) is 4.41. The van der Waals surface area contributed by atoms with Gasteiger partial charge in [0.1, 0.15) is 5.82 Å². The Morgan fingerprint density at radius 1 is 1.10 bits per heavy atom. The number of pyridine rings is 1. The minimum atomic E-state index is 0.650. The summed E-state index contributed by atoms with van der Waals surface area (Å²) in [4.78, 5) is 7.27. The molecule has 120 valence electrons. The number of aromatic nitrogens is 1. The van der Waals surface area contributed by atoms with Crippen molar-refractivity contribution in [2.75, 3.05) is 24.5 Å². The van der Waals surface area contributed by atoms with E-state index in [4.69, 9.17) is 4.98 Å². The first-order valence-corrected chi connectivity index (χ1v) is 8.36. The van der Waals surface area contributed by atoms with Crippen LogP contribution in [-0.2, 0) is 6.54 Å². The van der Waals surface area contributed by atoms with Gasteiger partial charge in [-0.15, -0.1) is 0 Å². The first-order valence-electron chi connectivity index (χ1n) is 8.36. The molecule has 1 N–H and O–H groups in total. The molecular formula is C18H33N3. The Balaban J connectivity index is 2.81. The minimum absolute atomic E-state index is 0.650. The van der Waals surface area contributed by atoms with E-state index in [1.807, 2.05) is 0 Å². The van der Waals surface area contributed by atoms with E-state index >= 15 is 0 Å². The van der Waals surface area contributed by atoms with Crippen molar-refractivity contribution in [2.24, 2.45) is 11.8 Å². The molecule has 0 bridgehead atoms. The van der Waals surface area contributed by atoms with Crippen molar-refractivity contribution in [1.29, 1.82) is 0 Å². The lowest BCUT2D eigenvalue weighted by atomic mass is 10.1. The van der Waals surface area contributed by atoms with Crippen LogP contribution in [0.1, 0.15) is 52.3 Å². The van der Waals surface area contributed by atoms with Gasteiger partial charge in [0.15, 0.2) is 0 Å². The van der Waals surface area contributed by atoms with Crippen LogP contribution in [-0.4, -0.2) is 24.6 Å². The van der Waals surface area contributed by atoms with E-state index in [-0.39, 0.29) is 0 Å². The van der Waals surface area contributed by atoms with Gasteiger partial charge in [-0.25, -0.2) is 4.98 Å². The number of nitrogens with zero attached hydrogens (tertiary/aromatic N) is 2. The van der Waals surface area contributed by atoms with Crippen LogP contribution in [0.25, 0.3) is 0 Å². The molecule has 0 atom stereocenters. The van der Waals surface area contributed by atoms with Crippen molar-refractivity contribution in [2.45, 2.75) is 54.5 Å². The second-order valence-electron chi connectivity index (χ2n) is 6.78. The Morgan fingerprint density at radius 3 is 2.19 bits per heavy atom. The zero-order valence-corrected chi connectivity index (χ0v) is 14.7. The van der Waals surface area contributed by atoms with Crippen LogP contribution in [0.5, 0.6) is 0 Å². The molecule has 1 aromatic rings. The Morgan fingerprint density at radius 2 is 1.71 bits per heavy atom. The standard InChI is InChI=1S/C18H33N3/c1-7-10-19-11-17-8-9-18(20-16(17)6)21(12-14(2)3)13-15(4)5/h8-9,14-15,19H,7,10-13H2,1-6H3. The zero-order valence-electron chi connectivity index (χ0n) is 14.7. The van der Waals surface area contributed by atoms with Crippen molar-refractivity contribution in [3.8, 4) is 0 Å². The molecule has 1 aromatic heterocycles. The summed E-state index contributed by atoms with van der Waals surface area (Å²) in [5.74, 6) is 2.42. The number of aryl methyl sites for hydroxylation is 1. The van der Waals surface area contributed by atoms with Crippen LogP contribution in [0.15, 0.2) is 12.1 Å². The van der Waals surface area contributed by atoms with Crippen molar-refractivity contribution in [3.63, 3.8) is 0 Å². The predicted octanol–water partition coefficient (Wildman–Crippen LogP) is 4.01. The van der Waals surface area contributed by atoms with Gasteiger partial charge in [0, 0.05) is 25.3 Å². The quantitative estimate of drug-likeness (QED) is 0.697. The van der Waals surface area contributed by atoms with E-state index < -0.39 is 0 Å². The largest absolute Gasteiger partial charge is 0.356 e. The number of hydrogen-bond donors (Lipinski definition) is 1. The summed E-state index contributed by atoms with van der Waals surface area (Å²) in [6.45, 7) is 17.5. The number of nitrogens with one attached hydrogen (secondary N) is 1. The third kappa shape index (κ3) is 6.47. The molecule has 21 heavy (non-hydrogen) atoms. The highest BCUT2D eigenvalue weighted by Gasteiger charge is 2.13. The average molecular weight is 291 g/mol. The molecule has 0 aliphatic carbocycles. The van der Waals surface area contributed by atoms with E-state index in [1.54, 1.807) is 0 Å². The van der Waals surface area contributed by atoms with Crippen LogP contribution in [0, 0.1) is 18.8 Å². The van der Waals surface area contributed by atoms with Crippen molar-refractivity contribution in [3.05, 3.63) is 23.4 Å². The topological polar surface area (TPSA) is 28.2 Å². The maximum Gasteiger partial charge on any atom is 0.128 e. The summed E-state index contributed by atoms with van der Waals surface area (Å²) in [5, 5.41) is 3.45. The first kappa shape index (κ1) is 18.0. The summed E-state index contributed by atoms with van der Waals surface area (Å²) in [6.07, 6.45) is 1.17. The van der Waals surface area contributed by atoms with Crippen molar-refractivity contribution >= 4 is 5.82 Å². The normalized spacial score (nSPS) is 11.4. The van der Waals surface area contributed by atoms with Gasteiger partial charge >= 0.3 is 0 Å². The highest BCUT2D eigenvalue weighted by atomic mass is 15.2. The van der Waals surface area contributed by atoms with Crippen LogP contribution in [0.4, 0.5) is 5.82 Å². The number of anilines is 1. The number of rotatable bonds is 9. The molecular weight excluding hydrogens is 258 g/mol. The van der Waals surface area contributed by atoms with Gasteiger partial charge in [-0.3, -0.25) is 0 Å². The van der Waals surface area contributed by atoms with E-state index in [1.165, 1.54) is 12.0 Å². The summed E-state index contributed by atoms with van der Waals surface area (Å²) >= 11 is 0.